The van der Waals surface area contributed by atoms with Gasteiger partial charge in [0.05, 0.1) is 33.1 Å². The van der Waals surface area contributed by atoms with Gasteiger partial charge in [-0.05, 0) is 96.9 Å². The molecule has 1 N–H and O–H groups in total. The van der Waals surface area contributed by atoms with Crippen molar-refractivity contribution >= 4 is 76.8 Å². The summed E-state index contributed by atoms with van der Waals surface area (Å²) in [6.45, 7) is 3.88. The molecule has 4 nitrogen and oxygen atoms in total. The molecule has 0 saturated heterocycles. The van der Waals surface area contributed by atoms with E-state index in [1.165, 1.54) is 59.9 Å². The fraction of sp³-hybridized carbons (Fsp3) is 0.0189. The summed E-state index contributed by atoms with van der Waals surface area (Å²) in [5.41, 5.74) is 13.8. The fourth-order valence-corrected chi connectivity index (χ4v) is 8.92. The normalized spacial score (nSPS) is 11.9. The van der Waals surface area contributed by atoms with Gasteiger partial charge >= 0.3 is 0 Å². The van der Waals surface area contributed by atoms with Crippen molar-refractivity contribution in [1.29, 1.82) is 0 Å². The van der Waals surface area contributed by atoms with E-state index in [4.69, 9.17) is 0 Å². The molecule has 3 aromatic heterocycles. The molecule has 11 rings (SSSR count). The number of hydrogen-bond donors (Lipinski definition) is 1. The van der Waals surface area contributed by atoms with Crippen LogP contribution >= 0.6 is 0 Å². The SMILES string of the molecule is C=C/C=C\Cc1ccc(-n2c3ccc(-n4c5ccccc5c5ccccc54)cc3c3cc(-n4c5ccccc5c5ccccc54)ccc32)cc1Nc1ccccc1. The van der Waals surface area contributed by atoms with Crippen LogP contribution in [0.3, 0.4) is 0 Å². The van der Waals surface area contributed by atoms with E-state index in [-0.39, 0.29) is 0 Å². The molecule has 57 heavy (non-hydrogen) atoms. The van der Waals surface area contributed by atoms with E-state index in [1.807, 2.05) is 12.2 Å². The van der Waals surface area contributed by atoms with Gasteiger partial charge in [0, 0.05) is 60.8 Å². The van der Waals surface area contributed by atoms with Crippen LogP contribution in [0, 0.1) is 0 Å². The van der Waals surface area contributed by atoms with Gasteiger partial charge in [-0.2, -0.15) is 0 Å². The first-order valence-corrected chi connectivity index (χ1v) is 19.5. The van der Waals surface area contributed by atoms with Gasteiger partial charge in [0.15, 0.2) is 0 Å². The number of benzene rings is 8. The Bertz CT molecular complexity index is 3100. The second-order valence-electron chi connectivity index (χ2n) is 14.7. The maximum atomic E-state index is 3.88. The van der Waals surface area contributed by atoms with E-state index < -0.39 is 0 Å². The predicted octanol–water partition coefficient (Wildman–Crippen LogP) is 14.0. The molecule has 4 heteroatoms. The molecule has 0 saturated carbocycles. The van der Waals surface area contributed by atoms with Crippen molar-refractivity contribution in [2.75, 3.05) is 5.32 Å². The van der Waals surface area contributed by atoms with E-state index in [9.17, 15) is 0 Å². The van der Waals surface area contributed by atoms with Gasteiger partial charge < -0.3 is 19.0 Å². The monoisotopic (exact) mass is 730 g/mol. The number of nitrogens with zero attached hydrogens (tertiary/aromatic N) is 3. The molecular formula is C53H38N4. The highest BCUT2D eigenvalue weighted by atomic mass is 15.0. The summed E-state index contributed by atoms with van der Waals surface area (Å²) in [6, 6.07) is 66.1. The van der Waals surface area contributed by atoms with Crippen molar-refractivity contribution < 1.29 is 0 Å². The molecule has 11 aromatic rings. The maximum absolute atomic E-state index is 3.88. The summed E-state index contributed by atoms with van der Waals surface area (Å²) in [6.07, 6.45) is 6.79. The molecule has 0 aliphatic heterocycles. The topological polar surface area (TPSA) is 26.8 Å². The lowest BCUT2D eigenvalue weighted by Gasteiger charge is -2.16. The summed E-state index contributed by atoms with van der Waals surface area (Å²) in [4.78, 5) is 0. The van der Waals surface area contributed by atoms with Gasteiger partial charge in [-0.25, -0.2) is 0 Å². The van der Waals surface area contributed by atoms with Gasteiger partial charge in [0.2, 0.25) is 0 Å². The van der Waals surface area contributed by atoms with E-state index >= 15 is 0 Å². The first kappa shape index (κ1) is 32.8. The third-order valence-corrected chi connectivity index (χ3v) is 11.4. The van der Waals surface area contributed by atoms with Crippen molar-refractivity contribution in [3.05, 3.63) is 212 Å². The molecule has 0 bridgehead atoms. The van der Waals surface area contributed by atoms with Gasteiger partial charge in [0.1, 0.15) is 0 Å². The number of fused-ring (bicyclic) bond motifs is 9. The second kappa shape index (κ2) is 13.3. The highest BCUT2D eigenvalue weighted by Gasteiger charge is 2.19. The lowest BCUT2D eigenvalue weighted by atomic mass is 10.1. The molecule has 0 spiro atoms. The van der Waals surface area contributed by atoms with E-state index in [0.29, 0.717) is 0 Å². The third-order valence-electron chi connectivity index (χ3n) is 11.4. The molecule has 0 amide bonds. The smallest absolute Gasteiger partial charge is 0.0542 e. The molecule has 0 fully saturated rings. The Morgan fingerprint density at radius 3 is 1.28 bits per heavy atom. The Morgan fingerprint density at radius 2 is 0.807 bits per heavy atom. The first-order chi connectivity index (χ1) is 28.2. The van der Waals surface area contributed by atoms with E-state index in [1.54, 1.807) is 0 Å². The molecule has 0 atom stereocenters. The quantitative estimate of drug-likeness (QED) is 0.155. The standard InChI is InChI=1S/C53H38N4/c1-2-3-5-16-36-27-28-40(35-47(36)54-37-17-6-4-7-18-37)57-52-31-29-38(55-48-23-12-8-19-41(48)42-20-9-13-24-49(42)55)33-45(52)46-34-39(30-32-53(46)57)56-50-25-14-10-21-43(50)44-22-11-15-26-51(44)56/h2-15,17-35,54H,1,16H2/b5-3-. The number of allylic oxidation sites excluding steroid dienone is 3. The highest BCUT2D eigenvalue weighted by molar-refractivity contribution is 6.14. The van der Waals surface area contributed by atoms with Gasteiger partial charge in [0.25, 0.3) is 0 Å². The molecular weight excluding hydrogens is 693 g/mol. The predicted molar refractivity (Wildman–Crippen MR) is 242 cm³/mol. The number of aromatic nitrogens is 3. The summed E-state index contributed by atoms with van der Waals surface area (Å²) < 4.78 is 7.25. The molecule has 0 aliphatic carbocycles. The van der Waals surface area contributed by atoms with Crippen molar-refractivity contribution in [2.24, 2.45) is 0 Å². The summed E-state index contributed by atoms with van der Waals surface area (Å²) >= 11 is 0. The minimum Gasteiger partial charge on any atom is -0.355 e. The zero-order valence-corrected chi connectivity index (χ0v) is 31.3. The molecule has 0 radical (unpaired) electrons. The molecule has 0 aliphatic rings. The average Bonchev–Trinajstić information content (AvgIpc) is 3.90. The van der Waals surface area contributed by atoms with Crippen LogP contribution in [0.4, 0.5) is 11.4 Å². The zero-order chi connectivity index (χ0) is 37.9. The Labute approximate surface area is 330 Å². The maximum Gasteiger partial charge on any atom is 0.0542 e. The summed E-state index contributed by atoms with van der Waals surface area (Å²) in [5.74, 6) is 0. The first-order valence-electron chi connectivity index (χ1n) is 19.5. The van der Waals surface area contributed by atoms with E-state index in [0.717, 1.165) is 45.9 Å². The summed E-state index contributed by atoms with van der Waals surface area (Å²) in [7, 11) is 0. The highest BCUT2D eigenvalue weighted by Crippen LogP contribution is 2.40. The van der Waals surface area contributed by atoms with Crippen LogP contribution < -0.4 is 5.32 Å². The molecule has 8 aromatic carbocycles. The Morgan fingerprint density at radius 1 is 0.404 bits per heavy atom. The Balaban J connectivity index is 1.18. The van der Waals surface area contributed by atoms with Crippen molar-refractivity contribution in [3.8, 4) is 17.1 Å². The van der Waals surface area contributed by atoms with Crippen LogP contribution in [0.25, 0.3) is 82.5 Å². The lowest BCUT2D eigenvalue weighted by molar-refractivity contribution is 1.15. The van der Waals surface area contributed by atoms with Gasteiger partial charge in [-0.15, -0.1) is 0 Å². The Kier molecular flexibility index (Phi) is 7.68. The van der Waals surface area contributed by atoms with Crippen LogP contribution in [0.1, 0.15) is 5.56 Å². The van der Waals surface area contributed by atoms with Gasteiger partial charge in [-0.3, -0.25) is 0 Å². The zero-order valence-electron chi connectivity index (χ0n) is 31.3. The van der Waals surface area contributed by atoms with Crippen LogP contribution in [-0.4, -0.2) is 13.7 Å². The van der Waals surface area contributed by atoms with Crippen molar-refractivity contribution in [2.45, 2.75) is 6.42 Å². The van der Waals surface area contributed by atoms with Crippen molar-refractivity contribution in [1.82, 2.24) is 13.7 Å². The minimum atomic E-state index is 0.791. The van der Waals surface area contributed by atoms with Crippen molar-refractivity contribution in [3.63, 3.8) is 0 Å². The number of anilines is 2. The number of para-hydroxylation sites is 5. The molecule has 270 valence electrons. The number of rotatable bonds is 8. The van der Waals surface area contributed by atoms with E-state index in [2.05, 4.69) is 214 Å². The third kappa shape index (κ3) is 5.30. The lowest BCUT2D eigenvalue weighted by Crippen LogP contribution is -2.00. The van der Waals surface area contributed by atoms with Crippen LogP contribution in [0.5, 0.6) is 0 Å². The fourth-order valence-electron chi connectivity index (χ4n) is 8.92. The number of nitrogens with one attached hydrogen (secondary N) is 1. The van der Waals surface area contributed by atoms with Crippen LogP contribution in [0.15, 0.2) is 207 Å². The molecule has 3 heterocycles. The largest absolute Gasteiger partial charge is 0.355 e. The minimum absolute atomic E-state index is 0.791. The number of hydrogen-bond acceptors (Lipinski definition) is 1. The average molecular weight is 731 g/mol. The summed E-state index contributed by atoms with van der Waals surface area (Å²) in [5, 5.41) is 11.2. The van der Waals surface area contributed by atoms with Crippen LogP contribution in [-0.2, 0) is 6.42 Å². The molecule has 0 unspecified atom stereocenters. The van der Waals surface area contributed by atoms with Crippen LogP contribution in [0.2, 0.25) is 0 Å². The van der Waals surface area contributed by atoms with Gasteiger partial charge in [-0.1, -0.05) is 122 Å². The second-order valence-corrected chi connectivity index (χ2v) is 14.7. The Hall–Kier alpha value is -7.56.